The number of esters is 1. The zero-order valence-corrected chi connectivity index (χ0v) is 13.1. The third kappa shape index (κ3) is 2.44. The Hall–Kier alpha value is -0.750. The van der Waals surface area contributed by atoms with Crippen LogP contribution in [0.4, 0.5) is 0 Å². The molecule has 3 aliphatic heterocycles. The van der Waals surface area contributed by atoms with Crippen LogP contribution in [-0.4, -0.2) is 52.8 Å². The summed E-state index contributed by atoms with van der Waals surface area (Å²) in [5.41, 5.74) is -0.00361. The van der Waals surface area contributed by atoms with Gasteiger partial charge >= 0.3 is 5.97 Å². The van der Waals surface area contributed by atoms with Gasteiger partial charge in [0.1, 0.15) is 17.6 Å². The molecule has 0 aromatic rings. The maximum atomic E-state index is 11.4. The Balaban J connectivity index is 1.80. The summed E-state index contributed by atoms with van der Waals surface area (Å²) in [6.45, 7) is 7.84. The van der Waals surface area contributed by atoms with E-state index in [2.05, 4.69) is 18.7 Å². The smallest absolute Gasteiger partial charge is 0.302 e. The molecule has 6 heteroatoms. The summed E-state index contributed by atoms with van der Waals surface area (Å²) >= 11 is 1.69. The first kappa shape index (κ1) is 14.2. The van der Waals surface area contributed by atoms with Gasteiger partial charge in [0.2, 0.25) is 0 Å². The number of aliphatic imine (C=N–C) groups is 1. The standard InChI is InChI=1S/C14H22N2O3S/c1-4-10-8(2)12(18-9(3)17)11-13(19-10)20-14(15-11)16-6-5-7-16/h8,10-13H,4-7H2,1-3H3/t8-,10+,11+,12-,13+/m0/s1. The molecule has 20 heavy (non-hydrogen) atoms. The lowest BCUT2D eigenvalue weighted by Gasteiger charge is -2.40. The van der Waals surface area contributed by atoms with E-state index in [4.69, 9.17) is 14.5 Å². The Morgan fingerprint density at radius 2 is 2.30 bits per heavy atom. The van der Waals surface area contributed by atoms with Crippen molar-refractivity contribution in [1.82, 2.24) is 4.90 Å². The van der Waals surface area contributed by atoms with Crippen LogP contribution in [0.1, 0.15) is 33.6 Å². The number of carbonyl (C=O) groups is 1. The predicted molar refractivity (Wildman–Crippen MR) is 78.7 cm³/mol. The molecule has 0 amide bonds. The van der Waals surface area contributed by atoms with E-state index >= 15 is 0 Å². The number of ether oxygens (including phenoxy) is 2. The van der Waals surface area contributed by atoms with Gasteiger partial charge in [0.25, 0.3) is 0 Å². The minimum atomic E-state index is -0.227. The van der Waals surface area contributed by atoms with Crippen molar-refractivity contribution in [2.75, 3.05) is 13.1 Å². The number of rotatable bonds is 2. The minimum absolute atomic E-state index is 0.00361. The number of hydrogen-bond donors (Lipinski definition) is 0. The van der Waals surface area contributed by atoms with Crippen molar-refractivity contribution in [2.24, 2.45) is 10.9 Å². The molecule has 3 heterocycles. The molecule has 0 aromatic heterocycles. The lowest BCUT2D eigenvalue weighted by Crippen LogP contribution is -2.51. The fraction of sp³-hybridized carbons (Fsp3) is 0.857. The highest BCUT2D eigenvalue weighted by Gasteiger charge is 2.49. The number of likely N-dealkylation sites (tertiary alicyclic amines) is 1. The number of nitrogens with zero attached hydrogens (tertiary/aromatic N) is 2. The van der Waals surface area contributed by atoms with Gasteiger partial charge < -0.3 is 14.4 Å². The first-order valence-electron chi connectivity index (χ1n) is 7.42. The summed E-state index contributed by atoms with van der Waals surface area (Å²) in [5.74, 6) is -0.0415. The average Bonchev–Trinajstić information content (AvgIpc) is 2.73. The number of thioether (sulfide) groups is 1. The molecule has 112 valence electrons. The van der Waals surface area contributed by atoms with Gasteiger partial charge in [-0.05, 0) is 12.8 Å². The van der Waals surface area contributed by atoms with Gasteiger partial charge in [-0.3, -0.25) is 9.79 Å². The summed E-state index contributed by atoms with van der Waals surface area (Å²) in [4.78, 5) is 18.5. The van der Waals surface area contributed by atoms with Crippen LogP contribution in [0.15, 0.2) is 4.99 Å². The number of fused-ring (bicyclic) bond motifs is 1. The zero-order valence-electron chi connectivity index (χ0n) is 12.2. The SMILES string of the molecule is CC[C@H]1O[C@@H]2SC(N3CCC3)=N[C@@H]2[C@@H](OC(C)=O)[C@H]1C. The van der Waals surface area contributed by atoms with E-state index < -0.39 is 0 Å². The zero-order chi connectivity index (χ0) is 14.3. The van der Waals surface area contributed by atoms with Crippen LogP contribution < -0.4 is 0 Å². The van der Waals surface area contributed by atoms with Crippen LogP contribution in [0, 0.1) is 5.92 Å². The van der Waals surface area contributed by atoms with E-state index in [1.165, 1.54) is 13.3 Å². The fourth-order valence-corrected chi connectivity index (χ4v) is 4.32. The van der Waals surface area contributed by atoms with E-state index in [1.54, 1.807) is 11.8 Å². The number of amidine groups is 1. The van der Waals surface area contributed by atoms with Crippen molar-refractivity contribution in [1.29, 1.82) is 0 Å². The molecule has 3 rings (SSSR count). The molecule has 0 radical (unpaired) electrons. The van der Waals surface area contributed by atoms with Gasteiger partial charge in [-0.1, -0.05) is 25.6 Å². The van der Waals surface area contributed by atoms with E-state index in [0.717, 1.165) is 24.7 Å². The Morgan fingerprint density at radius 3 is 2.85 bits per heavy atom. The lowest BCUT2D eigenvalue weighted by atomic mass is 9.88. The highest BCUT2D eigenvalue weighted by molar-refractivity contribution is 8.14. The second kappa shape index (κ2) is 5.56. The van der Waals surface area contributed by atoms with Gasteiger partial charge in [-0.25, -0.2) is 0 Å². The van der Waals surface area contributed by atoms with Crippen LogP contribution in [0.3, 0.4) is 0 Å². The molecule has 2 saturated heterocycles. The maximum absolute atomic E-state index is 11.4. The quantitative estimate of drug-likeness (QED) is 0.728. The van der Waals surface area contributed by atoms with E-state index in [1.807, 2.05) is 0 Å². The molecule has 0 unspecified atom stereocenters. The number of carbonyl (C=O) groups excluding carboxylic acids is 1. The number of hydrogen-bond acceptors (Lipinski definition) is 6. The lowest BCUT2D eigenvalue weighted by molar-refractivity contribution is -0.166. The van der Waals surface area contributed by atoms with Crippen LogP contribution in [0.5, 0.6) is 0 Å². The molecule has 3 aliphatic rings. The Labute approximate surface area is 124 Å². The summed E-state index contributed by atoms with van der Waals surface area (Å²) in [6.07, 6.45) is 2.14. The van der Waals surface area contributed by atoms with Gasteiger partial charge in [0, 0.05) is 25.9 Å². The van der Waals surface area contributed by atoms with Gasteiger partial charge in [0.15, 0.2) is 5.17 Å². The third-order valence-corrected chi connectivity index (χ3v) is 5.54. The predicted octanol–water partition coefficient (Wildman–Crippen LogP) is 1.87. The van der Waals surface area contributed by atoms with E-state index in [-0.39, 0.29) is 35.6 Å². The van der Waals surface area contributed by atoms with Crippen molar-refractivity contribution in [2.45, 2.75) is 57.3 Å². The second-order valence-corrected chi connectivity index (χ2v) is 6.81. The van der Waals surface area contributed by atoms with Crippen molar-refractivity contribution >= 4 is 22.9 Å². The van der Waals surface area contributed by atoms with Crippen LogP contribution in [0.25, 0.3) is 0 Å². The molecular formula is C14H22N2O3S. The van der Waals surface area contributed by atoms with Crippen LogP contribution >= 0.6 is 11.8 Å². The van der Waals surface area contributed by atoms with E-state index in [9.17, 15) is 4.79 Å². The Morgan fingerprint density at radius 1 is 1.55 bits per heavy atom. The normalized spacial score (nSPS) is 39.9. The van der Waals surface area contributed by atoms with Crippen molar-refractivity contribution in [3.63, 3.8) is 0 Å². The summed E-state index contributed by atoms with van der Waals surface area (Å²) in [5, 5.41) is 1.06. The molecule has 0 spiro atoms. The van der Waals surface area contributed by atoms with E-state index in [0.29, 0.717) is 0 Å². The highest BCUT2D eigenvalue weighted by Crippen LogP contribution is 2.42. The van der Waals surface area contributed by atoms with Crippen molar-refractivity contribution < 1.29 is 14.3 Å². The molecule has 0 saturated carbocycles. The molecule has 0 aliphatic carbocycles. The molecule has 2 fully saturated rings. The molecule has 0 aromatic carbocycles. The molecule has 5 nitrogen and oxygen atoms in total. The maximum Gasteiger partial charge on any atom is 0.302 e. The fourth-order valence-electron chi connectivity index (χ4n) is 3.05. The first-order chi connectivity index (χ1) is 9.60. The summed E-state index contributed by atoms with van der Waals surface area (Å²) in [6, 6.07) is -0.0581. The van der Waals surface area contributed by atoms with Crippen LogP contribution in [-0.2, 0) is 14.3 Å². The Bertz CT molecular complexity index is 425. The van der Waals surface area contributed by atoms with Crippen molar-refractivity contribution in [3.05, 3.63) is 0 Å². The molecule has 0 N–H and O–H groups in total. The Kier molecular flexibility index (Phi) is 3.95. The minimum Gasteiger partial charge on any atom is -0.460 e. The first-order valence-corrected chi connectivity index (χ1v) is 8.30. The summed E-state index contributed by atoms with van der Waals surface area (Å²) in [7, 11) is 0. The summed E-state index contributed by atoms with van der Waals surface area (Å²) < 4.78 is 11.7. The highest BCUT2D eigenvalue weighted by atomic mass is 32.2. The molecular weight excluding hydrogens is 276 g/mol. The molecule has 5 atom stereocenters. The van der Waals surface area contributed by atoms with Crippen molar-refractivity contribution in [3.8, 4) is 0 Å². The second-order valence-electron chi connectivity index (χ2n) is 5.75. The van der Waals surface area contributed by atoms with Gasteiger partial charge in [0.05, 0.1) is 6.10 Å². The monoisotopic (exact) mass is 298 g/mol. The van der Waals surface area contributed by atoms with Gasteiger partial charge in [-0.15, -0.1) is 0 Å². The third-order valence-electron chi connectivity index (χ3n) is 4.34. The average molecular weight is 298 g/mol. The largest absolute Gasteiger partial charge is 0.460 e. The topological polar surface area (TPSA) is 51.1 Å². The van der Waals surface area contributed by atoms with Gasteiger partial charge in [-0.2, -0.15) is 0 Å². The molecule has 0 bridgehead atoms. The van der Waals surface area contributed by atoms with Crippen LogP contribution in [0.2, 0.25) is 0 Å².